The summed E-state index contributed by atoms with van der Waals surface area (Å²) in [6.45, 7) is 1.83. The first-order valence-electron chi connectivity index (χ1n) is 5.43. The second kappa shape index (κ2) is 5.19. The lowest BCUT2D eigenvalue weighted by molar-refractivity contribution is 0.570. The predicted octanol–water partition coefficient (Wildman–Crippen LogP) is 3.59. The Morgan fingerprint density at radius 2 is 1.89 bits per heavy atom. The van der Waals surface area contributed by atoms with Gasteiger partial charge in [-0.1, -0.05) is 23.7 Å². The van der Waals surface area contributed by atoms with Crippen LogP contribution in [-0.2, 0) is 10.0 Å². The number of hydrogen-bond acceptors (Lipinski definition) is 2. The van der Waals surface area contributed by atoms with Crippen LogP contribution in [0.25, 0.3) is 0 Å². The zero-order valence-electron chi connectivity index (χ0n) is 10.0. The molecule has 1 N–H and O–H groups in total. The topological polar surface area (TPSA) is 46.2 Å². The Balaban J connectivity index is 2.38. The van der Waals surface area contributed by atoms with Gasteiger partial charge >= 0.3 is 0 Å². The van der Waals surface area contributed by atoms with E-state index in [4.69, 9.17) is 11.6 Å². The molecule has 0 unspecified atom stereocenters. The first kappa shape index (κ1) is 13.8. The highest BCUT2D eigenvalue weighted by Crippen LogP contribution is 2.22. The van der Waals surface area contributed by atoms with Crippen LogP contribution >= 0.6 is 11.6 Å². The Bertz CT molecular complexity index is 716. The number of sulfonamides is 1. The largest absolute Gasteiger partial charge is 0.280 e. The quantitative estimate of drug-likeness (QED) is 0.941. The van der Waals surface area contributed by atoms with Gasteiger partial charge in [0.1, 0.15) is 10.7 Å². The Morgan fingerprint density at radius 3 is 2.53 bits per heavy atom. The minimum absolute atomic E-state index is 0.145. The van der Waals surface area contributed by atoms with Crippen LogP contribution in [0.1, 0.15) is 5.56 Å². The molecule has 2 aromatic carbocycles. The summed E-state index contributed by atoms with van der Waals surface area (Å²) >= 11 is 5.59. The summed E-state index contributed by atoms with van der Waals surface area (Å²) in [6, 6.07) is 10.2. The van der Waals surface area contributed by atoms with Crippen LogP contribution in [0.3, 0.4) is 0 Å². The molecule has 19 heavy (non-hydrogen) atoms. The highest BCUT2D eigenvalue weighted by molar-refractivity contribution is 7.92. The maximum absolute atomic E-state index is 13.6. The van der Waals surface area contributed by atoms with Gasteiger partial charge in [0.25, 0.3) is 10.0 Å². The predicted molar refractivity (Wildman–Crippen MR) is 73.4 cm³/mol. The monoisotopic (exact) mass is 299 g/mol. The highest BCUT2D eigenvalue weighted by Gasteiger charge is 2.19. The number of anilines is 1. The van der Waals surface area contributed by atoms with Crippen molar-refractivity contribution >= 4 is 27.3 Å². The number of rotatable bonds is 3. The van der Waals surface area contributed by atoms with E-state index in [1.54, 1.807) is 18.2 Å². The number of nitrogens with one attached hydrogen (secondary N) is 1. The van der Waals surface area contributed by atoms with Gasteiger partial charge in [-0.25, -0.2) is 12.8 Å². The Hall–Kier alpha value is -1.59. The third-order valence-corrected chi connectivity index (χ3v) is 4.10. The molecule has 6 heteroatoms. The molecule has 3 nitrogen and oxygen atoms in total. The lowest BCUT2D eigenvalue weighted by atomic mass is 10.2. The highest BCUT2D eigenvalue weighted by atomic mass is 35.5. The average molecular weight is 300 g/mol. The first-order chi connectivity index (χ1) is 8.88. The number of halogens is 2. The molecule has 0 spiro atoms. The summed E-state index contributed by atoms with van der Waals surface area (Å²) in [6.07, 6.45) is 0. The van der Waals surface area contributed by atoms with Crippen LogP contribution in [0.15, 0.2) is 47.4 Å². The molecule has 0 aliphatic carbocycles. The lowest BCUT2D eigenvalue weighted by Crippen LogP contribution is -2.14. The summed E-state index contributed by atoms with van der Waals surface area (Å²) < 4.78 is 40.1. The molecule has 0 saturated carbocycles. The summed E-state index contributed by atoms with van der Waals surface area (Å²) in [4.78, 5) is -0.432. The molecule has 0 aliphatic heterocycles. The van der Waals surface area contributed by atoms with E-state index in [9.17, 15) is 12.8 Å². The van der Waals surface area contributed by atoms with Crippen molar-refractivity contribution in [1.29, 1.82) is 0 Å². The van der Waals surface area contributed by atoms with Gasteiger partial charge in [-0.15, -0.1) is 0 Å². The molecule has 0 heterocycles. The molecule has 0 saturated heterocycles. The van der Waals surface area contributed by atoms with Crippen LogP contribution in [0.5, 0.6) is 0 Å². The molecule has 0 aromatic heterocycles. The van der Waals surface area contributed by atoms with E-state index in [0.29, 0.717) is 5.69 Å². The minimum Gasteiger partial charge on any atom is -0.280 e. The Morgan fingerprint density at radius 1 is 1.16 bits per heavy atom. The molecular weight excluding hydrogens is 289 g/mol. The van der Waals surface area contributed by atoms with Crippen molar-refractivity contribution in [1.82, 2.24) is 0 Å². The second-order valence-corrected chi connectivity index (χ2v) is 6.14. The van der Waals surface area contributed by atoms with E-state index in [1.807, 2.05) is 13.0 Å². The van der Waals surface area contributed by atoms with Gasteiger partial charge in [-0.05, 0) is 42.8 Å². The maximum Gasteiger partial charge on any atom is 0.264 e. The fourth-order valence-corrected chi connectivity index (χ4v) is 2.88. The SMILES string of the molecule is Cc1cccc(NS(=O)(=O)c2ccc(Cl)cc2F)c1. The van der Waals surface area contributed by atoms with Crippen LogP contribution in [0.2, 0.25) is 5.02 Å². The van der Waals surface area contributed by atoms with E-state index in [-0.39, 0.29) is 5.02 Å². The second-order valence-electron chi connectivity index (χ2n) is 4.05. The van der Waals surface area contributed by atoms with Crippen molar-refractivity contribution in [2.45, 2.75) is 11.8 Å². The average Bonchev–Trinajstić information content (AvgIpc) is 2.27. The van der Waals surface area contributed by atoms with E-state index in [1.165, 1.54) is 6.07 Å². The molecule has 100 valence electrons. The summed E-state index contributed by atoms with van der Waals surface area (Å²) in [5, 5.41) is 0.145. The van der Waals surface area contributed by atoms with Gasteiger partial charge in [-0.3, -0.25) is 4.72 Å². The van der Waals surface area contributed by atoms with Gasteiger partial charge in [-0.2, -0.15) is 0 Å². The molecular formula is C13H11ClFNO2S. The van der Waals surface area contributed by atoms with Crippen molar-refractivity contribution in [2.75, 3.05) is 4.72 Å². The van der Waals surface area contributed by atoms with E-state index in [2.05, 4.69) is 4.72 Å². The van der Waals surface area contributed by atoms with Crippen molar-refractivity contribution in [3.05, 3.63) is 58.9 Å². The molecule has 2 aromatic rings. The standard InChI is InChI=1S/C13H11ClFNO2S/c1-9-3-2-4-11(7-9)16-19(17,18)13-6-5-10(14)8-12(13)15/h2-8,16H,1H3. The van der Waals surface area contributed by atoms with Crippen LogP contribution in [-0.4, -0.2) is 8.42 Å². The van der Waals surface area contributed by atoms with Crippen molar-refractivity contribution < 1.29 is 12.8 Å². The van der Waals surface area contributed by atoms with Crippen molar-refractivity contribution in [3.8, 4) is 0 Å². The van der Waals surface area contributed by atoms with Crippen molar-refractivity contribution in [2.24, 2.45) is 0 Å². The summed E-state index contributed by atoms with van der Waals surface area (Å²) in [7, 11) is -3.96. The Kier molecular flexibility index (Phi) is 3.78. The smallest absolute Gasteiger partial charge is 0.264 e. The van der Waals surface area contributed by atoms with E-state index in [0.717, 1.165) is 17.7 Å². The van der Waals surface area contributed by atoms with E-state index >= 15 is 0 Å². The third-order valence-electron chi connectivity index (χ3n) is 2.45. The zero-order chi connectivity index (χ0) is 14.0. The van der Waals surface area contributed by atoms with Gasteiger partial charge in [0, 0.05) is 10.7 Å². The first-order valence-corrected chi connectivity index (χ1v) is 7.29. The summed E-state index contributed by atoms with van der Waals surface area (Å²) in [5.74, 6) is -0.882. The molecule has 0 bridgehead atoms. The minimum atomic E-state index is -3.96. The Labute approximate surface area is 116 Å². The molecule has 0 radical (unpaired) electrons. The fraction of sp³-hybridized carbons (Fsp3) is 0.0769. The van der Waals surface area contributed by atoms with Gasteiger partial charge < -0.3 is 0 Å². The number of aryl methyl sites for hydroxylation is 1. The molecule has 2 rings (SSSR count). The fourth-order valence-electron chi connectivity index (χ4n) is 1.61. The van der Waals surface area contributed by atoms with Crippen LogP contribution < -0.4 is 4.72 Å². The van der Waals surface area contributed by atoms with E-state index < -0.39 is 20.7 Å². The van der Waals surface area contributed by atoms with Gasteiger partial charge in [0.15, 0.2) is 0 Å². The van der Waals surface area contributed by atoms with Crippen LogP contribution in [0.4, 0.5) is 10.1 Å². The molecule has 0 fully saturated rings. The van der Waals surface area contributed by atoms with Gasteiger partial charge in [0.05, 0.1) is 0 Å². The molecule has 0 amide bonds. The lowest BCUT2D eigenvalue weighted by Gasteiger charge is -2.09. The molecule has 0 aliphatic rings. The van der Waals surface area contributed by atoms with Crippen molar-refractivity contribution in [3.63, 3.8) is 0 Å². The number of hydrogen-bond donors (Lipinski definition) is 1. The van der Waals surface area contributed by atoms with Crippen LogP contribution in [0, 0.1) is 12.7 Å². The normalized spacial score (nSPS) is 11.3. The number of benzene rings is 2. The zero-order valence-corrected chi connectivity index (χ0v) is 11.6. The summed E-state index contributed by atoms with van der Waals surface area (Å²) in [5.41, 5.74) is 1.28. The molecule has 0 atom stereocenters. The van der Waals surface area contributed by atoms with Gasteiger partial charge in [0.2, 0.25) is 0 Å². The third kappa shape index (κ3) is 3.24. The maximum atomic E-state index is 13.6.